The van der Waals surface area contributed by atoms with Crippen LogP contribution in [-0.4, -0.2) is 44.1 Å². The first-order chi connectivity index (χ1) is 14.8. The molecule has 2 aromatic carbocycles. The smallest absolute Gasteiger partial charge is 0.193 e. The molecule has 2 saturated heterocycles. The Morgan fingerprint density at radius 2 is 1.74 bits per heavy atom. The normalized spacial score (nSPS) is 21.9. The third kappa shape index (κ3) is 6.56. The van der Waals surface area contributed by atoms with Gasteiger partial charge >= 0.3 is 0 Å². The van der Waals surface area contributed by atoms with Gasteiger partial charge in [-0.1, -0.05) is 72.3 Å². The molecular formula is C26H34IN3O. The molecule has 5 heteroatoms. The molecule has 0 spiro atoms. The number of benzene rings is 2. The number of piperidine rings is 1. The summed E-state index contributed by atoms with van der Waals surface area (Å²) in [4.78, 5) is 6.97. The van der Waals surface area contributed by atoms with E-state index < -0.39 is 0 Å². The van der Waals surface area contributed by atoms with Crippen LogP contribution in [0.15, 0.2) is 71.2 Å². The molecule has 0 aliphatic carbocycles. The lowest BCUT2D eigenvalue weighted by molar-refractivity contribution is -0.0266. The predicted molar refractivity (Wildman–Crippen MR) is 140 cm³/mol. The van der Waals surface area contributed by atoms with E-state index in [1.54, 1.807) is 0 Å². The van der Waals surface area contributed by atoms with Gasteiger partial charge in [-0.2, -0.15) is 0 Å². The monoisotopic (exact) mass is 531 g/mol. The highest BCUT2D eigenvalue weighted by molar-refractivity contribution is 14.0. The van der Waals surface area contributed by atoms with Crippen molar-refractivity contribution in [2.24, 2.45) is 10.9 Å². The highest BCUT2D eigenvalue weighted by Gasteiger charge is 2.28. The van der Waals surface area contributed by atoms with Gasteiger partial charge in [0, 0.05) is 39.2 Å². The topological polar surface area (TPSA) is 36.9 Å². The predicted octanol–water partition coefficient (Wildman–Crippen LogP) is 5.53. The molecule has 0 amide bonds. The molecule has 0 aromatic heterocycles. The van der Waals surface area contributed by atoms with E-state index in [1.165, 1.54) is 23.1 Å². The van der Waals surface area contributed by atoms with Crippen LogP contribution in [-0.2, 0) is 4.74 Å². The third-order valence-corrected chi connectivity index (χ3v) is 6.18. The van der Waals surface area contributed by atoms with Gasteiger partial charge in [0.05, 0.1) is 6.10 Å². The highest BCUT2D eigenvalue weighted by Crippen LogP contribution is 2.33. The second-order valence-corrected chi connectivity index (χ2v) is 8.23. The van der Waals surface area contributed by atoms with Crippen LogP contribution in [0.3, 0.4) is 0 Å². The van der Waals surface area contributed by atoms with Crippen molar-refractivity contribution < 1.29 is 4.74 Å². The van der Waals surface area contributed by atoms with Crippen LogP contribution in [0, 0.1) is 5.92 Å². The average molecular weight is 531 g/mol. The van der Waals surface area contributed by atoms with Crippen molar-refractivity contribution in [3.8, 4) is 0 Å². The van der Waals surface area contributed by atoms with Gasteiger partial charge in [0.15, 0.2) is 5.96 Å². The van der Waals surface area contributed by atoms with Crippen molar-refractivity contribution in [3.63, 3.8) is 0 Å². The Morgan fingerprint density at radius 3 is 2.42 bits per heavy atom. The maximum absolute atomic E-state index is 6.16. The van der Waals surface area contributed by atoms with Gasteiger partial charge in [0.2, 0.25) is 0 Å². The summed E-state index contributed by atoms with van der Waals surface area (Å²) in [7, 11) is 1.89. The second kappa shape index (κ2) is 12.2. The fourth-order valence-corrected chi connectivity index (χ4v) is 4.55. The fraction of sp³-hybridized carbons (Fsp3) is 0.423. The van der Waals surface area contributed by atoms with Gasteiger partial charge < -0.3 is 15.0 Å². The van der Waals surface area contributed by atoms with Crippen LogP contribution in [0.4, 0.5) is 0 Å². The zero-order valence-corrected chi connectivity index (χ0v) is 20.7. The van der Waals surface area contributed by atoms with E-state index in [-0.39, 0.29) is 30.1 Å². The molecule has 2 aliphatic rings. The van der Waals surface area contributed by atoms with E-state index in [1.807, 2.05) is 7.05 Å². The van der Waals surface area contributed by atoms with E-state index in [0.29, 0.717) is 5.92 Å². The summed E-state index contributed by atoms with van der Waals surface area (Å²) in [5.74, 6) is 1.49. The molecule has 2 atom stereocenters. The zero-order chi connectivity index (χ0) is 20.6. The van der Waals surface area contributed by atoms with E-state index in [0.717, 1.165) is 51.5 Å². The number of nitrogens with one attached hydrogen (secondary N) is 1. The number of guanidine groups is 1. The first-order valence-corrected chi connectivity index (χ1v) is 11.2. The Hall–Kier alpha value is -1.86. The molecule has 2 unspecified atom stereocenters. The molecule has 0 radical (unpaired) electrons. The molecule has 4 nitrogen and oxygen atoms in total. The Morgan fingerprint density at radius 1 is 1.06 bits per heavy atom. The second-order valence-electron chi connectivity index (χ2n) is 8.23. The number of ether oxygens (including phenoxy) is 1. The number of hydrogen-bond donors (Lipinski definition) is 1. The molecule has 31 heavy (non-hydrogen) atoms. The fourth-order valence-electron chi connectivity index (χ4n) is 4.55. The van der Waals surface area contributed by atoms with Crippen LogP contribution in [0.25, 0.3) is 6.08 Å². The van der Waals surface area contributed by atoms with E-state index in [9.17, 15) is 0 Å². The maximum Gasteiger partial charge on any atom is 0.193 e. The van der Waals surface area contributed by atoms with Crippen molar-refractivity contribution in [1.82, 2.24) is 10.2 Å². The highest BCUT2D eigenvalue weighted by atomic mass is 127. The van der Waals surface area contributed by atoms with E-state index >= 15 is 0 Å². The molecule has 2 aromatic rings. The summed E-state index contributed by atoms with van der Waals surface area (Å²) >= 11 is 0. The molecule has 0 saturated carbocycles. The van der Waals surface area contributed by atoms with Crippen molar-refractivity contribution in [1.29, 1.82) is 0 Å². The van der Waals surface area contributed by atoms with E-state index in [2.05, 4.69) is 81.9 Å². The number of halogens is 1. The van der Waals surface area contributed by atoms with Crippen LogP contribution >= 0.6 is 24.0 Å². The number of hydrogen-bond acceptors (Lipinski definition) is 2. The summed E-state index contributed by atoms with van der Waals surface area (Å²) in [6, 6.07) is 21.3. The molecule has 4 rings (SSSR count). The Kier molecular flexibility index (Phi) is 9.40. The van der Waals surface area contributed by atoms with Crippen LogP contribution < -0.4 is 5.32 Å². The Bertz CT molecular complexity index is 843. The number of rotatable bonds is 4. The summed E-state index contributed by atoms with van der Waals surface area (Å²) in [6.07, 6.45) is 7.02. The number of likely N-dealkylation sites (tertiary alicyclic amines) is 1. The van der Waals surface area contributed by atoms with Crippen molar-refractivity contribution >= 4 is 36.0 Å². The summed E-state index contributed by atoms with van der Waals surface area (Å²) in [5, 5.41) is 3.65. The van der Waals surface area contributed by atoms with Gasteiger partial charge in [0.25, 0.3) is 0 Å². The standard InChI is InChI=1S/C26H33N3O.HI/c1-27-26(29-16-14-22(15-17-29)19-21-9-4-2-5-10-21)28-20-24-13-8-18-30-25(24)23-11-6-3-7-12-23;/h2-7,9-12,19,24-25H,8,13-18,20H2,1H3,(H,27,28);1H. The number of nitrogens with zero attached hydrogens (tertiary/aromatic N) is 2. The maximum atomic E-state index is 6.16. The minimum Gasteiger partial charge on any atom is -0.373 e. The van der Waals surface area contributed by atoms with Crippen LogP contribution in [0.1, 0.15) is 42.9 Å². The van der Waals surface area contributed by atoms with Gasteiger partial charge in [0.1, 0.15) is 0 Å². The summed E-state index contributed by atoms with van der Waals surface area (Å²) in [6.45, 7) is 3.78. The molecule has 166 valence electrons. The zero-order valence-electron chi connectivity index (χ0n) is 18.4. The van der Waals surface area contributed by atoms with Crippen LogP contribution in [0.5, 0.6) is 0 Å². The minimum atomic E-state index is 0. The lowest BCUT2D eigenvalue weighted by Gasteiger charge is -2.35. The van der Waals surface area contributed by atoms with Crippen molar-refractivity contribution in [2.45, 2.75) is 31.8 Å². The summed E-state index contributed by atoms with van der Waals surface area (Å²) in [5.41, 5.74) is 4.11. The first kappa shape index (κ1) is 23.8. The van der Waals surface area contributed by atoms with Gasteiger partial charge in [-0.25, -0.2) is 0 Å². The van der Waals surface area contributed by atoms with E-state index in [4.69, 9.17) is 4.74 Å². The summed E-state index contributed by atoms with van der Waals surface area (Å²) < 4.78 is 6.16. The largest absolute Gasteiger partial charge is 0.373 e. The lowest BCUT2D eigenvalue weighted by atomic mass is 9.89. The Labute approximate surface area is 203 Å². The van der Waals surface area contributed by atoms with Gasteiger partial charge in [-0.05, 0) is 36.8 Å². The van der Waals surface area contributed by atoms with Crippen LogP contribution in [0.2, 0.25) is 0 Å². The Balaban J connectivity index is 0.00000272. The molecule has 2 aliphatic heterocycles. The molecule has 0 bridgehead atoms. The number of aliphatic imine (C=N–C) groups is 1. The lowest BCUT2D eigenvalue weighted by Crippen LogP contribution is -2.46. The molecule has 2 heterocycles. The first-order valence-electron chi connectivity index (χ1n) is 11.2. The van der Waals surface area contributed by atoms with Gasteiger partial charge in [-0.3, -0.25) is 4.99 Å². The average Bonchev–Trinajstić information content (AvgIpc) is 2.82. The molecular weight excluding hydrogens is 497 g/mol. The quantitative estimate of drug-likeness (QED) is 0.321. The van der Waals surface area contributed by atoms with Gasteiger partial charge in [-0.15, -0.1) is 24.0 Å². The SMILES string of the molecule is CN=C(NCC1CCCOC1c1ccccc1)N1CCC(=Cc2ccccc2)CC1.I. The third-order valence-electron chi connectivity index (χ3n) is 6.18. The van der Waals surface area contributed by atoms with Crippen molar-refractivity contribution in [3.05, 3.63) is 77.4 Å². The minimum absolute atomic E-state index is 0. The van der Waals surface area contributed by atoms with Crippen molar-refractivity contribution in [2.75, 3.05) is 33.3 Å². The molecule has 1 N–H and O–H groups in total. The molecule has 2 fully saturated rings.